The molecule has 31 heavy (non-hydrogen) atoms. The van der Waals surface area contributed by atoms with Gasteiger partial charge in [-0.05, 0) is 69.5 Å². The first-order valence-corrected chi connectivity index (χ1v) is 10.5. The van der Waals surface area contributed by atoms with Crippen LogP contribution in [0.15, 0.2) is 24.3 Å². The third-order valence-corrected chi connectivity index (χ3v) is 5.37. The Bertz CT molecular complexity index is 889. The maximum atomic E-state index is 12.8. The van der Waals surface area contributed by atoms with E-state index in [4.69, 9.17) is 11.5 Å². The van der Waals surface area contributed by atoms with Crippen LogP contribution < -0.4 is 11.5 Å². The molecule has 8 heteroatoms. The number of rotatable bonds is 8. The fourth-order valence-electron chi connectivity index (χ4n) is 3.57. The maximum absolute atomic E-state index is 12.8. The van der Waals surface area contributed by atoms with Crippen LogP contribution in [0.1, 0.15) is 59.5 Å². The number of benzene rings is 2. The van der Waals surface area contributed by atoms with Crippen LogP contribution >= 0.6 is 0 Å². The second-order valence-electron chi connectivity index (χ2n) is 7.29. The van der Waals surface area contributed by atoms with Crippen molar-refractivity contribution in [2.24, 2.45) is 0 Å². The fourth-order valence-corrected chi connectivity index (χ4v) is 3.57. The number of phenolic OH excluding ortho intramolecular Hbond substituents is 2. The Labute approximate surface area is 183 Å². The SMILES string of the molecule is CCN(CC)C(=O)c1cc(Cc2cc(N)c(O)c(C(=O)N(CC)CC)c2)cc(N)c1O. The molecule has 2 aromatic carbocycles. The van der Waals surface area contributed by atoms with Gasteiger partial charge in [0.15, 0.2) is 11.5 Å². The van der Waals surface area contributed by atoms with Gasteiger partial charge in [0, 0.05) is 26.2 Å². The third kappa shape index (κ3) is 5.02. The number of carbonyl (C=O) groups is 2. The molecular formula is C23H32N4O4. The summed E-state index contributed by atoms with van der Waals surface area (Å²) in [5, 5.41) is 20.7. The minimum Gasteiger partial charge on any atom is -0.505 e. The standard InChI is InChI=1S/C23H32N4O4/c1-5-26(6-2)22(30)16-10-14(12-18(24)20(16)28)9-15-11-17(21(29)19(25)13-15)23(31)27(7-3)8-4/h10-13,28-29H,5-9,24-25H2,1-4H3. The number of aromatic hydroxyl groups is 2. The Hall–Kier alpha value is -3.42. The highest BCUT2D eigenvalue weighted by Gasteiger charge is 2.22. The lowest BCUT2D eigenvalue weighted by molar-refractivity contribution is 0.0762. The van der Waals surface area contributed by atoms with Crippen molar-refractivity contribution in [1.29, 1.82) is 0 Å². The summed E-state index contributed by atoms with van der Waals surface area (Å²) in [5.41, 5.74) is 13.7. The van der Waals surface area contributed by atoms with Crippen LogP contribution in [0.5, 0.6) is 11.5 Å². The fraction of sp³-hybridized carbons (Fsp3) is 0.391. The van der Waals surface area contributed by atoms with Crippen LogP contribution in [0.25, 0.3) is 0 Å². The molecule has 0 saturated heterocycles. The summed E-state index contributed by atoms with van der Waals surface area (Å²) in [6, 6.07) is 6.37. The number of hydrogen-bond donors (Lipinski definition) is 4. The van der Waals surface area contributed by atoms with E-state index in [9.17, 15) is 19.8 Å². The van der Waals surface area contributed by atoms with E-state index in [1.54, 1.807) is 34.1 Å². The highest BCUT2D eigenvalue weighted by molar-refractivity contribution is 5.99. The van der Waals surface area contributed by atoms with Crippen LogP contribution in [-0.2, 0) is 6.42 Å². The largest absolute Gasteiger partial charge is 0.505 e. The van der Waals surface area contributed by atoms with Gasteiger partial charge in [0.1, 0.15) is 0 Å². The minimum atomic E-state index is -0.307. The van der Waals surface area contributed by atoms with Crippen molar-refractivity contribution in [2.45, 2.75) is 34.1 Å². The highest BCUT2D eigenvalue weighted by atomic mass is 16.3. The molecule has 0 aliphatic carbocycles. The van der Waals surface area contributed by atoms with Crippen molar-refractivity contribution in [2.75, 3.05) is 37.6 Å². The van der Waals surface area contributed by atoms with Gasteiger partial charge in [-0.2, -0.15) is 0 Å². The van der Waals surface area contributed by atoms with Crippen molar-refractivity contribution in [3.63, 3.8) is 0 Å². The molecule has 0 aromatic heterocycles. The van der Waals surface area contributed by atoms with Gasteiger partial charge in [-0.3, -0.25) is 9.59 Å². The second kappa shape index (κ2) is 10.1. The Morgan fingerprint density at radius 1 is 0.710 bits per heavy atom. The van der Waals surface area contributed by atoms with Crippen LogP contribution in [-0.4, -0.2) is 58.0 Å². The van der Waals surface area contributed by atoms with Gasteiger partial charge in [-0.1, -0.05) is 0 Å². The lowest BCUT2D eigenvalue weighted by Gasteiger charge is -2.21. The van der Waals surface area contributed by atoms with Crippen LogP contribution in [0, 0.1) is 0 Å². The minimum absolute atomic E-state index is 0.0965. The first kappa shape index (κ1) is 23.9. The predicted molar refractivity (Wildman–Crippen MR) is 122 cm³/mol. The molecule has 0 atom stereocenters. The van der Waals surface area contributed by atoms with Gasteiger partial charge in [0.05, 0.1) is 22.5 Å². The first-order valence-electron chi connectivity index (χ1n) is 10.5. The summed E-state index contributed by atoms with van der Waals surface area (Å²) in [4.78, 5) is 28.7. The molecule has 2 amide bonds. The van der Waals surface area contributed by atoms with Crippen molar-refractivity contribution >= 4 is 23.2 Å². The molecule has 0 aliphatic heterocycles. The molecule has 0 spiro atoms. The number of nitrogens with zero attached hydrogens (tertiary/aromatic N) is 2. The average molecular weight is 429 g/mol. The Morgan fingerprint density at radius 2 is 1.03 bits per heavy atom. The van der Waals surface area contributed by atoms with E-state index in [-0.39, 0.29) is 45.8 Å². The lowest BCUT2D eigenvalue weighted by atomic mass is 9.97. The smallest absolute Gasteiger partial charge is 0.257 e. The first-order chi connectivity index (χ1) is 14.7. The zero-order chi connectivity index (χ0) is 23.3. The van der Waals surface area contributed by atoms with Crippen molar-refractivity contribution in [3.8, 4) is 11.5 Å². The van der Waals surface area contributed by atoms with Crippen molar-refractivity contribution in [3.05, 3.63) is 46.5 Å². The number of nitrogens with two attached hydrogens (primary N) is 2. The third-order valence-electron chi connectivity index (χ3n) is 5.37. The van der Waals surface area contributed by atoms with Crippen molar-refractivity contribution in [1.82, 2.24) is 9.80 Å². The number of anilines is 2. The summed E-state index contributed by atoms with van der Waals surface area (Å²) in [5.74, 6) is -1.11. The number of carbonyl (C=O) groups excluding carboxylic acids is 2. The van der Waals surface area contributed by atoms with Gasteiger partial charge in [-0.15, -0.1) is 0 Å². The molecular weight excluding hydrogens is 396 g/mol. The van der Waals surface area contributed by atoms with E-state index in [1.165, 1.54) is 0 Å². The summed E-state index contributed by atoms with van der Waals surface area (Å²) in [6.07, 6.45) is 0.312. The van der Waals surface area contributed by atoms with E-state index < -0.39 is 0 Å². The quantitative estimate of drug-likeness (QED) is 0.377. The molecule has 6 N–H and O–H groups in total. The molecule has 0 saturated carbocycles. The molecule has 168 valence electrons. The topological polar surface area (TPSA) is 133 Å². The summed E-state index contributed by atoms with van der Waals surface area (Å²) in [7, 11) is 0. The molecule has 0 radical (unpaired) electrons. The van der Waals surface area contributed by atoms with Gasteiger partial charge < -0.3 is 31.5 Å². The van der Waals surface area contributed by atoms with Crippen molar-refractivity contribution < 1.29 is 19.8 Å². The average Bonchev–Trinajstić information content (AvgIpc) is 2.74. The molecule has 0 fully saturated rings. The van der Waals surface area contributed by atoms with Gasteiger partial charge in [0.2, 0.25) is 0 Å². The summed E-state index contributed by atoms with van der Waals surface area (Å²) < 4.78 is 0. The molecule has 0 unspecified atom stereocenters. The van der Waals surface area contributed by atoms with E-state index in [2.05, 4.69) is 0 Å². The normalized spacial score (nSPS) is 10.7. The predicted octanol–water partition coefficient (Wildman–Crippen LogP) is 2.82. The number of phenols is 2. The van der Waals surface area contributed by atoms with E-state index >= 15 is 0 Å². The van der Waals surface area contributed by atoms with Gasteiger partial charge >= 0.3 is 0 Å². The van der Waals surface area contributed by atoms with Crippen LogP contribution in [0.4, 0.5) is 11.4 Å². The molecule has 0 bridgehead atoms. The Kier molecular flexibility index (Phi) is 7.74. The molecule has 8 nitrogen and oxygen atoms in total. The van der Waals surface area contributed by atoms with E-state index in [0.717, 1.165) is 0 Å². The summed E-state index contributed by atoms with van der Waals surface area (Å²) >= 11 is 0. The Balaban J connectivity index is 2.47. The van der Waals surface area contributed by atoms with Gasteiger partial charge in [0.25, 0.3) is 11.8 Å². The Morgan fingerprint density at radius 3 is 1.32 bits per heavy atom. The second-order valence-corrected chi connectivity index (χ2v) is 7.29. The van der Waals surface area contributed by atoms with E-state index in [1.807, 2.05) is 27.7 Å². The zero-order valence-corrected chi connectivity index (χ0v) is 18.6. The zero-order valence-electron chi connectivity index (χ0n) is 18.6. The monoisotopic (exact) mass is 428 g/mol. The van der Waals surface area contributed by atoms with Crippen LogP contribution in [0.3, 0.4) is 0 Å². The number of nitrogen functional groups attached to an aromatic ring is 2. The maximum Gasteiger partial charge on any atom is 0.257 e. The number of hydrogen-bond acceptors (Lipinski definition) is 6. The van der Waals surface area contributed by atoms with E-state index in [0.29, 0.717) is 43.7 Å². The molecule has 0 aliphatic rings. The molecule has 0 heterocycles. The van der Waals surface area contributed by atoms with Gasteiger partial charge in [-0.25, -0.2) is 0 Å². The highest BCUT2D eigenvalue weighted by Crippen LogP contribution is 2.32. The van der Waals surface area contributed by atoms with Crippen LogP contribution in [0.2, 0.25) is 0 Å². The molecule has 2 rings (SSSR count). The molecule has 2 aromatic rings. The summed E-state index contributed by atoms with van der Waals surface area (Å²) in [6.45, 7) is 9.46. The lowest BCUT2D eigenvalue weighted by Crippen LogP contribution is -2.30. The number of amides is 2.